The predicted octanol–water partition coefficient (Wildman–Crippen LogP) is 1.40. The summed E-state index contributed by atoms with van der Waals surface area (Å²) >= 11 is 1.28. The van der Waals surface area contributed by atoms with E-state index in [0.29, 0.717) is 10.6 Å². The van der Waals surface area contributed by atoms with Crippen LogP contribution in [0.5, 0.6) is 5.75 Å². The molecule has 1 atom stereocenters. The highest BCUT2D eigenvalue weighted by molar-refractivity contribution is 7.12. The van der Waals surface area contributed by atoms with Gasteiger partial charge in [0.05, 0.1) is 4.88 Å². The molecule has 25 heavy (non-hydrogen) atoms. The van der Waals surface area contributed by atoms with E-state index < -0.39 is 17.9 Å². The van der Waals surface area contributed by atoms with Crippen molar-refractivity contribution in [3.63, 3.8) is 0 Å². The topological polar surface area (TPSA) is 96.5 Å². The first-order valence-corrected chi connectivity index (χ1v) is 8.46. The lowest BCUT2D eigenvalue weighted by Gasteiger charge is -2.14. The van der Waals surface area contributed by atoms with Gasteiger partial charge in [0.25, 0.3) is 17.7 Å². The van der Waals surface area contributed by atoms with Crippen LogP contribution >= 0.6 is 11.3 Å². The van der Waals surface area contributed by atoms with Crippen molar-refractivity contribution in [3.8, 4) is 5.75 Å². The summed E-state index contributed by atoms with van der Waals surface area (Å²) in [6.45, 7) is 3.20. The molecule has 0 bridgehead atoms. The van der Waals surface area contributed by atoms with Gasteiger partial charge in [-0.25, -0.2) is 0 Å². The van der Waals surface area contributed by atoms with Gasteiger partial charge in [-0.2, -0.15) is 0 Å². The molecule has 3 amide bonds. The lowest BCUT2D eigenvalue weighted by molar-refractivity contribution is -0.130. The number of hydrogen-bond acceptors (Lipinski definition) is 5. The van der Waals surface area contributed by atoms with Gasteiger partial charge in [-0.15, -0.1) is 11.3 Å². The fraction of sp³-hybridized carbons (Fsp3) is 0.235. The van der Waals surface area contributed by atoms with Gasteiger partial charge >= 0.3 is 0 Å². The van der Waals surface area contributed by atoms with Gasteiger partial charge in [0.2, 0.25) is 0 Å². The van der Waals surface area contributed by atoms with E-state index in [4.69, 9.17) is 4.74 Å². The number of carbonyl (C=O) groups is 3. The Kier molecular flexibility index (Phi) is 6.53. The molecule has 3 N–H and O–H groups in total. The van der Waals surface area contributed by atoms with Crippen molar-refractivity contribution in [2.45, 2.75) is 19.9 Å². The van der Waals surface area contributed by atoms with Gasteiger partial charge < -0.3 is 10.1 Å². The van der Waals surface area contributed by atoms with Gasteiger partial charge in [-0.05, 0) is 43.0 Å². The average Bonchev–Trinajstić information content (AvgIpc) is 3.12. The zero-order valence-corrected chi connectivity index (χ0v) is 14.7. The third-order valence-corrected chi connectivity index (χ3v) is 4.04. The predicted molar refractivity (Wildman–Crippen MR) is 94.2 cm³/mol. The summed E-state index contributed by atoms with van der Waals surface area (Å²) in [6, 6.07) is 9.89. The molecule has 132 valence electrons. The minimum absolute atomic E-state index is 0.236. The number of hydrogen-bond donors (Lipinski definition) is 3. The number of ether oxygens (including phenoxy) is 1. The fourth-order valence-corrected chi connectivity index (χ4v) is 2.50. The largest absolute Gasteiger partial charge is 0.484 e. The lowest BCUT2D eigenvalue weighted by atomic mass is 10.2. The van der Waals surface area contributed by atoms with Gasteiger partial charge in [0.15, 0.2) is 6.61 Å². The SMILES string of the molecule is Cc1cccc(OCC(=O)NNC(=O)C(C)NC(=O)c2cccs2)c1. The molecule has 1 aromatic heterocycles. The lowest BCUT2D eigenvalue weighted by Crippen LogP contribution is -2.51. The van der Waals surface area contributed by atoms with Crippen LogP contribution in [0.3, 0.4) is 0 Å². The first-order chi connectivity index (χ1) is 12.0. The Hall–Kier alpha value is -2.87. The third-order valence-electron chi connectivity index (χ3n) is 3.17. The van der Waals surface area contributed by atoms with E-state index in [0.717, 1.165) is 5.56 Å². The molecule has 8 heteroatoms. The van der Waals surface area contributed by atoms with Gasteiger partial charge in [-0.1, -0.05) is 18.2 Å². The Balaban J connectivity index is 1.71. The second kappa shape index (κ2) is 8.84. The normalized spacial score (nSPS) is 11.3. The Morgan fingerprint density at radius 1 is 1.16 bits per heavy atom. The molecule has 0 spiro atoms. The maximum atomic E-state index is 11.9. The zero-order chi connectivity index (χ0) is 18.2. The van der Waals surface area contributed by atoms with E-state index in [1.165, 1.54) is 18.3 Å². The van der Waals surface area contributed by atoms with E-state index in [9.17, 15) is 14.4 Å². The minimum Gasteiger partial charge on any atom is -0.484 e. The first-order valence-electron chi connectivity index (χ1n) is 7.58. The van der Waals surface area contributed by atoms with Gasteiger partial charge in [0, 0.05) is 0 Å². The highest BCUT2D eigenvalue weighted by atomic mass is 32.1. The standard InChI is InChI=1S/C17H19N3O4S/c1-11-5-3-6-13(9-11)24-10-15(21)19-20-16(22)12(2)18-17(23)14-7-4-8-25-14/h3-9,12H,10H2,1-2H3,(H,18,23)(H,19,21)(H,20,22). The number of rotatable bonds is 6. The van der Waals surface area contributed by atoms with Crippen LogP contribution < -0.4 is 20.9 Å². The quantitative estimate of drug-likeness (QED) is 0.678. The fourth-order valence-electron chi connectivity index (χ4n) is 1.87. The van der Waals surface area contributed by atoms with Crippen molar-refractivity contribution in [3.05, 3.63) is 52.2 Å². The summed E-state index contributed by atoms with van der Waals surface area (Å²) in [6.07, 6.45) is 0. The van der Waals surface area contributed by atoms with E-state index in [1.54, 1.807) is 29.6 Å². The van der Waals surface area contributed by atoms with Gasteiger partial charge in [-0.3, -0.25) is 25.2 Å². The summed E-state index contributed by atoms with van der Waals surface area (Å²) in [5.41, 5.74) is 5.51. The van der Waals surface area contributed by atoms with E-state index in [1.807, 2.05) is 19.1 Å². The molecule has 0 fully saturated rings. The molecule has 1 aromatic carbocycles. The van der Waals surface area contributed by atoms with Crippen LogP contribution in [0, 0.1) is 6.92 Å². The number of amides is 3. The number of hydrazine groups is 1. The highest BCUT2D eigenvalue weighted by Crippen LogP contribution is 2.11. The van der Waals surface area contributed by atoms with Crippen LogP contribution in [0.1, 0.15) is 22.2 Å². The van der Waals surface area contributed by atoms with Crippen molar-refractivity contribution in [1.82, 2.24) is 16.2 Å². The third kappa shape index (κ3) is 5.92. The molecular formula is C17H19N3O4S. The van der Waals surface area contributed by atoms with Crippen LogP contribution in [0.15, 0.2) is 41.8 Å². The highest BCUT2D eigenvalue weighted by Gasteiger charge is 2.17. The summed E-state index contributed by atoms with van der Waals surface area (Å²) in [5, 5.41) is 4.32. The molecule has 1 heterocycles. The molecule has 1 unspecified atom stereocenters. The molecule has 2 rings (SSSR count). The van der Waals surface area contributed by atoms with Crippen LogP contribution in [0.2, 0.25) is 0 Å². The van der Waals surface area contributed by atoms with Crippen LogP contribution in [-0.2, 0) is 9.59 Å². The second-order valence-electron chi connectivity index (χ2n) is 5.32. The summed E-state index contributed by atoms with van der Waals surface area (Å²) in [7, 11) is 0. The Morgan fingerprint density at radius 3 is 2.64 bits per heavy atom. The van der Waals surface area contributed by atoms with E-state index in [2.05, 4.69) is 16.2 Å². The number of carbonyl (C=O) groups excluding carboxylic acids is 3. The molecule has 0 saturated carbocycles. The Bertz CT molecular complexity index is 746. The second-order valence-corrected chi connectivity index (χ2v) is 6.26. The zero-order valence-electron chi connectivity index (χ0n) is 13.9. The molecule has 2 aromatic rings. The van der Waals surface area contributed by atoms with E-state index in [-0.39, 0.29) is 12.5 Å². The molecule has 7 nitrogen and oxygen atoms in total. The molecular weight excluding hydrogens is 342 g/mol. The number of benzene rings is 1. The van der Waals surface area contributed by atoms with Crippen LogP contribution in [0.25, 0.3) is 0 Å². The molecule has 0 aliphatic rings. The summed E-state index contributed by atoms with van der Waals surface area (Å²) < 4.78 is 5.32. The van der Waals surface area contributed by atoms with Crippen LogP contribution in [-0.4, -0.2) is 30.4 Å². The van der Waals surface area contributed by atoms with Crippen molar-refractivity contribution in [2.24, 2.45) is 0 Å². The van der Waals surface area contributed by atoms with E-state index >= 15 is 0 Å². The van der Waals surface area contributed by atoms with Crippen molar-refractivity contribution < 1.29 is 19.1 Å². The number of aryl methyl sites for hydroxylation is 1. The smallest absolute Gasteiger partial charge is 0.276 e. The Morgan fingerprint density at radius 2 is 1.96 bits per heavy atom. The molecule has 0 saturated heterocycles. The minimum atomic E-state index is -0.799. The van der Waals surface area contributed by atoms with Gasteiger partial charge in [0.1, 0.15) is 11.8 Å². The average molecular weight is 361 g/mol. The maximum Gasteiger partial charge on any atom is 0.276 e. The monoisotopic (exact) mass is 361 g/mol. The van der Waals surface area contributed by atoms with Crippen molar-refractivity contribution >= 4 is 29.1 Å². The Labute approximate surface area is 149 Å². The molecule has 0 radical (unpaired) electrons. The van der Waals surface area contributed by atoms with Crippen molar-refractivity contribution in [2.75, 3.05) is 6.61 Å². The summed E-state index contributed by atoms with van der Waals surface area (Å²) in [4.78, 5) is 36.0. The van der Waals surface area contributed by atoms with Crippen molar-refractivity contribution in [1.29, 1.82) is 0 Å². The summed E-state index contributed by atoms with van der Waals surface area (Å²) in [5.74, 6) is -0.815. The number of nitrogens with one attached hydrogen (secondary N) is 3. The van der Waals surface area contributed by atoms with Crippen LogP contribution in [0.4, 0.5) is 0 Å². The molecule has 0 aliphatic carbocycles. The maximum absolute atomic E-state index is 11.9. The number of thiophene rings is 1. The molecule has 0 aliphatic heterocycles. The first kappa shape index (κ1) is 18.5.